The summed E-state index contributed by atoms with van der Waals surface area (Å²) in [5.74, 6) is 1.81. The summed E-state index contributed by atoms with van der Waals surface area (Å²) in [4.78, 5) is 0. The molecule has 4 nitrogen and oxygen atoms in total. The number of rotatable bonds is 5. The van der Waals surface area contributed by atoms with Crippen LogP contribution in [0, 0.1) is 6.92 Å². The van der Waals surface area contributed by atoms with E-state index in [4.69, 9.17) is 9.47 Å². The van der Waals surface area contributed by atoms with Crippen molar-refractivity contribution in [3.63, 3.8) is 0 Å². The second kappa shape index (κ2) is 8.58. The summed E-state index contributed by atoms with van der Waals surface area (Å²) in [7, 11) is 4.30. The molecule has 6 aromatic rings. The van der Waals surface area contributed by atoms with Crippen LogP contribution < -0.4 is 9.47 Å². The molecule has 4 heteroatoms. The Hall–Kier alpha value is -3.92. The number of nitrogens with zero attached hydrogens (tertiary/aromatic N) is 2. The van der Waals surface area contributed by atoms with Crippen molar-refractivity contribution in [3.05, 3.63) is 72.3 Å². The van der Waals surface area contributed by atoms with Gasteiger partial charge in [0, 0.05) is 68.8 Å². The molecule has 6 rings (SSSR count). The molecule has 0 saturated carbocycles. The fourth-order valence-electron chi connectivity index (χ4n) is 5.88. The van der Waals surface area contributed by atoms with Crippen molar-refractivity contribution in [2.75, 3.05) is 0 Å². The van der Waals surface area contributed by atoms with Crippen LogP contribution in [0.1, 0.15) is 33.3 Å². The monoisotopic (exact) mass is 490 g/mol. The largest absolute Gasteiger partial charge is 0.490 e. The highest BCUT2D eigenvalue weighted by atomic mass is 16.5. The summed E-state index contributed by atoms with van der Waals surface area (Å²) < 4.78 is 17.8. The highest BCUT2D eigenvalue weighted by Gasteiger charge is 2.27. The van der Waals surface area contributed by atoms with Crippen LogP contribution in [0.15, 0.2) is 66.7 Å². The summed E-state index contributed by atoms with van der Waals surface area (Å²) >= 11 is 0. The molecule has 2 heterocycles. The van der Waals surface area contributed by atoms with E-state index in [9.17, 15) is 0 Å². The molecule has 4 aromatic carbocycles. The van der Waals surface area contributed by atoms with Crippen molar-refractivity contribution in [1.29, 1.82) is 0 Å². The van der Waals surface area contributed by atoms with E-state index in [1.807, 2.05) is 0 Å². The molecule has 0 saturated heterocycles. The van der Waals surface area contributed by atoms with Crippen molar-refractivity contribution in [2.45, 2.75) is 46.8 Å². The lowest BCUT2D eigenvalue weighted by atomic mass is 9.91. The zero-order chi connectivity index (χ0) is 26.0. The average Bonchev–Trinajstić information content (AvgIpc) is 3.31. The molecule has 0 aliphatic carbocycles. The minimum Gasteiger partial charge on any atom is -0.490 e. The van der Waals surface area contributed by atoms with Gasteiger partial charge in [0.2, 0.25) is 0 Å². The van der Waals surface area contributed by atoms with Crippen molar-refractivity contribution in [3.8, 4) is 22.6 Å². The van der Waals surface area contributed by atoms with Crippen LogP contribution in [0.4, 0.5) is 0 Å². The Morgan fingerprint density at radius 2 is 1.14 bits per heavy atom. The fraction of sp³-hybridized carbons (Fsp3) is 0.273. The van der Waals surface area contributed by atoms with E-state index in [1.54, 1.807) is 0 Å². The van der Waals surface area contributed by atoms with Crippen LogP contribution in [-0.2, 0) is 14.1 Å². The Labute approximate surface area is 218 Å². The number of ether oxygens (including phenoxy) is 2. The lowest BCUT2D eigenvalue weighted by molar-refractivity contribution is 0.239. The van der Waals surface area contributed by atoms with Crippen LogP contribution in [-0.4, -0.2) is 21.3 Å². The number of para-hydroxylation sites is 2. The van der Waals surface area contributed by atoms with E-state index in [0.717, 1.165) is 28.2 Å². The maximum atomic E-state index is 6.65. The zero-order valence-electron chi connectivity index (χ0n) is 22.7. The molecule has 0 amide bonds. The fourth-order valence-corrected chi connectivity index (χ4v) is 5.88. The maximum absolute atomic E-state index is 6.65. The maximum Gasteiger partial charge on any atom is 0.131 e. The van der Waals surface area contributed by atoms with Gasteiger partial charge in [0.25, 0.3) is 0 Å². The van der Waals surface area contributed by atoms with Crippen molar-refractivity contribution in [2.24, 2.45) is 14.1 Å². The topological polar surface area (TPSA) is 28.3 Å². The van der Waals surface area contributed by atoms with Gasteiger partial charge in [-0.25, -0.2) is 0 Å². The molecule has 0 atom stereocenters. The lowest BCUT2D eigenvalue weighted by Gasteiger charge is -2.22. The first-order chi connectivity index (χ1) is 17.8. The Balaban J connectivity index is 1.91. The summed E-state index contributed by atoms with van der Waals surface area (Å²) in [6, 6.07) is 23.9. The highest BCUT2D eigenvalue weighted by molar-refractivity contribution is 6.24. The molecule has 2 aromatic heterocycles. The van der Waals surface area contributed by atoms with E-state index < -0.39 is 0 Å². The lowest BCUT2D eigenvalue weighted by Crippen LogP contribution is -2.10. The number of aromatic nitrogens is 2. The molecule has 0 aliphatic heterocycles. The van der Waals surface area contributed by atoms with Crippen LogP contribution >= 0.6 is 0 Å². The molecular weight excluding hydrogens is 456 g/mol. The van der Waals surface area contributed by atoms with Gasteiger partial charge in [-0.05, 0) is 70.5 Å². The third-order valence-electron chi connectivity index (χ3n) is 7.35. The van der Waals surface area contributed by atoms with E-state index >= 15 is 0 Å². The van der Waals surface area contributed by atoms with E-state index in [2.05, 4.69) is 125 Å². The first kappa shape index (κ1) is 23.5. The molecule has 188 valence electrons. The summed E-state index contributed by atoms with van der Waals surface area (Å²) in [5.41, 5.74) is 8.11. The van der Waals surface area contributed by atoms with Crippen molar-refractivity contribution < 1.29 is 9.47 Å². The molecule has 37 heavy (non-hydrogen) atoms. The minimum atomic E-state index is 0.0334. The van der Waals surface area contributed by atoms with Crippen LogP contribution in [0.5, 0.6) is 11.5 Å². The number of fused-ring (bicyclic) bond motifs is 6. The first-order valence-corrected chi connectivity index (χ1v) is 13.1. The SMILES string of the molecule is Cc1cc2c(c(-c3c(OC(C)C)ccc4c3c3ccccc3n4C)c1OC(C)C)c1ccccc1n2C. The molecule has 0 fully saturated rings. The second-order valence-electron chi connectivity index (χ2n) is 10.6. The molecule has 0 unspecified atom stereocenters. The first-order valence-electron chi connectivity index (χ1n) is 13.1. The Morgan fingerprint density at radius 1 is 0.595 bits per heavy atom. The number of benzene rings is 4. The van der Waals surface area contributed by atoms with E-state index in [-0.39, 0.29) is 12.2 Å². The van der Waals surface area contributed by atoms with Crippen LogP contribution in [0.25, 0.3) is 54.7 Å². The van der Waals surface area contributed by atoms with E-state index in [0.29, 0.717) is 0 Å². The van der Waals surface area contributed by atoms with Crippen LogP contribution in [0.2, 0.25) is 0 Å². The molecule has 0 bridgehead atoms. The van der Waals surface area contributed by atoms with Gasteiger partial charge in [0.1, 0.15) is 11.5 Å². The van der Waals surface area contributed by atoms with Gasteiger partial charge >= 0.3 is 0 Å². The third kappa shape index (κ3) is 3.50. The second-order valence-corrected chi connectivity index (χ2v) is 10.6. The Morgan fingerprint density at radius 3 is 1.73 bits per heavy atom. The molecule has 0 spiro atoms. The minimum absolute atomic E-state index is 0.0334. The number of hydrogen-bond donors (Lipinski definition) is 0. The van der Waals surface area contributed by atoms with Gasteiger partial charge in [-0.3, -0.25) is 0 Å². The summed E-state index contributed by atoms with van der Waals surface area (Å²) in [6.07, 6.45) is 0.0690. The average molecular weight is 491 g/mol. The van der Waals surface area contributed by atoms with Crippen LogP contribution in [0.3, 0.4) is 0 Å². The van der Waals surface area contributed by atoms with Crippen molar-refractivity contribution in [1.82, 2.24) is 9.13 Å². The summed E-state index contributed by atoms with van der Waals surface area (Å²) in [6.45, 7) is 10.5. The molecular formula is C33H34N2O2. The van der Waals surface area contributed by atoms with Gasteiger partial charge < -0.3 is 18.6 Å². The zero-order valence-corrected chi connectivity index (χ0v) is 22.7. The van der Waals surface area contributed by atoms with Crippen molar-refractivity contribution >= 4 is 43.6 Å². The van der Waals surface area contributed by atoms with Gasteiger partial charge in [-0.1, -0.05) is 36.4 Å². The molecule has 0 N–H and O–H groups in total. The van der Waals surface area contributed by atoms with Gasteiger partial charge in [-0.2, -0.15) is 0 Å². The Kier molecular flexibility index (Phi) is 5.45. The summed E-state index contributed by atoms with van der Waals surface area (Å²) in [5, 5.41) is 4.84. The highest BCUT2D eigenvalue weighted by Crippen LogP contribution is 2.51. The predicted octanol–water partition coefficient (Wildman–Crippen LogP) is 8.53. The Bertz CT molecular complexity index is 1820. The standard InChI is InChI=1S/C33H34N2O2/c1-19(2)36-28-17-16-26-29(22-12-8-10-14-24(22)34(26)6)31(28)32-30-23-13-9-11-15-25(23)35(7)27(30)18-21(5)33(32)37-20(3)4/h8-20H,1-7H3. The quantitative estimate of drug-likeness (QED) is 0.242. The van der Waals surface area contributed by atoms with Gasteiger partial charge in [0.15, 0.2) is 0 Å². The van der Waals surface area contributed by atoms with E-state index in [1.165, 1.54) is 43.6 Å². The number of aryl methyl sites for hydroxylation is 3. The third-order valence-corrected chi connectivity index (χ3v) is 7.35. The predicted molar refractivity (Wildman–Crippen MR) is 156 cm³/mol. The normalized spacial score (nSPS) is 12.1. The molecule has 0 radical (unpaired) electrons. The van der Waals surface area contributed by atoms with Gasteiger partial charge in [-0.15, -0.1) is 0 Å². The number of hydrogen-bond acceptors (Lipinski definition) is 2. The van der Waals surface area contributed by atoms with Gasteiger partial charge in [0.05, 0.1) is 12.2 Å². The molecule has 0 aliphatic rings. The smallest absolute Gasteiger partial charge is 0.131 e.